The van der Waals surface area contributed by atoms with Crippen molar-refractivity contribution in [1.82, 2.24) is 4.90 Å². The number of hydrogen-bond donors (Lipinski definition) is 2. The number of allylic oxidation sites excluding steroid dienone is 1. The van der Waals surface area contributed by atoms with Gasteiger partial charge in [-0.05, 0) is 98.2 Å². The lowest BCUT2D eigenvalue weighted by Crippen LogP contribution is -2.70. The molecule has 2 aliphatic carbocycles. The van der Waals surface area contributed by atoms with Gasteiger partial charge in [-0.25, -0.2) is 4.79 Å². The summed E-state index contributed by atoms with van der Waals surface area (Å²) in [4.78, 5) is 34.3. The van der Waals surface area contributed by atoms with Crippen molar-refractivity contribution in [2.45, 2.75) is 108 Å². The minimum atomic E-state index is -1.44. The molecule has 0 bridgehead atoms. The maximum Gasteiger partial charge on any atom is 0.410 e. The Morgan fingerprint density at radius 1 is 0.969 bits per heavy atom. The van der Waals surface area contributed by atoms with E-state index in [-0.39, 0.29) is 57.2 Å². The minimum Gasteiger partial charge on any atom is -0.459 e. The van der Waals surface area contributed by atoms with E-state index < -0.39 is 30.1 Å². The molecule has 2 aliphatic heterocycles. The maximum absolute atomic E-state index is 14.6. The SMILES string of the molecule is C=CCO[C@@]12Oc3ccc(Oc4cccc(C=O)c4)cc3[C@H]3[C@H](CCCCO)[C@@H](CCCCO)C=C(C(=NOC4CCCCO4)C[C@@H]1N(CCC)C(=O)OCCOCc1ccccc1)[C@H]32. The van der Waals surface area contributed by atoms with Crippen LogP contribution in [-0.2, 0) is 30.4 Å². The summed E-state index contributed by atoms with van der Waals surface area (Å²) in [6, 6.07) is 21.9. The van der Waals surface area contributed by atoms with Gasteiger partial charge in [-0.2, -0.15) is 0 Å². The fourth-order valence-electron chi connectivity index (χ4n) is 10.1. The predicted octanol–water partition coefficient (Wildman–Crippen LogP) is 9.52. The molecular formula is C52H66N2O11. The molecule has 13 nitrogen and oxygen atoms in total. The number of nitrogens with zero attached hydrogens (tertiary/aromatic N) is 2. The number of amides is 1. The Morgan fingerprint density at radius 2 is 1.78 bits per heavy atom. The molecule has 3 aromatic carbocycles. The molecule has 1 saturated heterocycles. The molecule has 65 heavy (non-hydrogen) atoms. The van der Waals surface area contributed by atoms with E-state index in [2.05, 4.69) is 12.7 Å². The van der Waals surface area contributed by atoms with Gasteiger partial charge in [0.2, 0.25) is 12.1 Å². The van der Waals surface area contributed by atoms with Crippen molar-refractivity contribution in [2.24, 2.45) is 22.9 Å². The number of aliphatic hydroxyl groups is 2. The molecule has 0 aromatic heterocycles. The smallest absolute Gasteiger partial charge is 0.410 e. The normalized spacial score (nSPS) is 25.0. The zero-order chi connectivity index (χ0) is 45.4. The third kappa shape index (κ3) is 11.7. The van der Waals surface area contributed by atoms with Gasteiger partial charge >= 0.3 is 6.09 Å². The van der Waals surface area contributed by atoms with Crippen LogP contribution in [0.25, 0.3) is 0 Å². The first kappa shape index (κ1) is 47.9. The summed E-state index contributed by atoms with van der Waals surface area (Å²) in [5, 5.41) is 24.9. The van der Waals surface area contributed by atoms with E-state index in [4.69, 9.17) is 38.4 Å². The molecule has 0 spiro atoms. The Bertz CT molecular complexity index is 2070. The van der Waals surface area contributed by atoms with Gasteiger partial charge < -0.3 is 43.5 Å². The van der Waals surface area contributed by atoms with Crippen LogP contribution in [0.15, 0.2) is 102 Å². The molecule has 1 saturated carbocycles. The molecule has 0 radical (unpaired) electrons. The van der Waals surface area contributed by atoms with E-state index in [0.717, 1.165) is 61.5 Å². The lowest BCUT2D eigenvalue weighted by atomic mass is 9.55. The van der Waals surface area contributed by atoms with Crippen molar-refractivity contribution in [2.75, 3.05) is 46.2 Å². The van der Waals surface area contributed by atoms with Gasteiger partial charge in [-0.3, -0.25) is 9.69 Å². The zero-order valence-corrected chi connectivity index (χ0v) is 37.7. The van der Waals surface area contributed by atoms with E-state index in [1.807, 2.05) is 61.5 Å². The second-order valence-corrected chi connectivity index (χ2v) is 17.3. The summed E-state index contributed by atoms with van der Waals surface area (Å²) >= 11 is 0. The van der Waals surface area contributed by atoms with Crippen LogP contribution in [0.2, 0.25) is 0 Å². The van der Waals surface area contributed by atoms with Gasteiger partial charge in [0.15, 0.2) is 0 Å². The topological polar surface area (TPSA) is 155 Å². The molecule has 1 amide bonds. The van der Waals surface area contributed by atoms with Crippen LogP contribution in [0.4, 0.5) is 4.79 Å². The number of unbranched alkanes of at least 4 members (excludes halogenated alkanes) is 2. The van der Waals surface area contributed by atoms with Crippen LogP contribution in [0, 0.1) is 17.8 Å². The summed E-state index contributed by atoms with van der Waals surface area (Å²) in [7, 11) is 0. The van der Waals surface area contributed by atoms with Crippen molar-refractivity contribution in [3.8, 4) is 17.2 Å². The fraction of sp³-hybridized carbons (Fsp3) is 0.519. The third-order valence-corrected chi connectivity index (χ3v) is 12.9. The number of fused-ring (bicyclic) bond motifs is 2. The van der Waals surface area contributed by atoms with E-state index in [1.54, 1.807) is 29.2 Å². The Labute approximate surface area is 383 Å². The molecule has 7 rings (SSSR count). The first-order valence-corrected chi connectivity index (χ1v) is 23.6. The molecule has 1 unspecified atom stereocenters. The average molecular weight is 895 g/mol. The average Bonchev–Trinajstić information content (AvgIpc) is 3.33. The number of oxime groups is 1. The summed E-state index contributed by atoms with van der Waals surface area (Å²) in [6.45, 7) is 7.95. The van der Waals surface area contributed by atoms with Gasteiger partial charge in [-0.1, -0.05) is 79.5 Å². The van der Waals surface area contributed by atoms with Gasteiger partial charge in [0.1, 0.15) is 36.2 Å². The van der Waals surface area contributed by atoms with Gasteiger partial charge in [0, 0.05) is 49.6 Å². The highest BCUT2D eigenvalue weighted by Crippen LogP contribution is 2.62. The number of carbonyl (C=O) groups excluding carboxylic acids is 2. The molecule has 13 heteroatoms. The van der Waals surface area contributed by atoms with Crippen molar-refractivity contribution in [3.05, 3.63) is 114 Å². The summed E-state index contributed by atoms with van der Waals surface area (Å²) in [6.07, 6.45) is 11.8. The van der Waals surface area contributed by atoms with Crippen LogP contribution < -0.4 is 9.47 Å². The lowest BCUT2D eigenvalue weighted by molar-refractivity contribution is -0.255. The first-order valence-electron chi connectivity index (χ1n) is 23.6. The highest BCUT2D eigenvalue weighted by Gasteiger charge is 2.65. The lowest BCUT2D eigenvalue weighted by Gasteiger charge is -2.60. The minimum absolute atomic E-state index is 0.0212. The maximum atomic E-state index is 14.6. The molecule has 2 fully saturated rings. The standard InChI is InChI=1S/C52H66N2O11/c1-3-24-54(51(58)61-30-29-59-36-37-15-6-5-7-16-37)47-34-45(53-65-48-21-10-13-28-60-48)43-32-39(18-8-11-25-55)42(20-9-12-26-56)49-44-33-41(63-40-19-14-17-38(31-40)35-57)22-23-46(44)64-52(47,50(43)49)62-27-4-2/h4-7,14-17,19,22-23,31-33,35,39,42,47-50,55-56H,2-3,8-13,18,20-21,24-30,34,36H2,1H3/t39-,42+,47-,48?,49+,50+,52+/m0/s1. The first-order chi connectivity index (χ1) is 31.9. The fourth-order valence-corrected chi connectivity index (χ4v) is 10.1. The number of rotatable bonds is 24. The predicted molar refractivity (Wildman–Crippen MR) is 246 cm³/mol. The zero-order valence-electron chi connectivity index (χ0n) is 37.7. The monoisotopic (exact) mass is 894 g/mol. The second-order valence-electron chi connectivity index (χ2n) is 17.3. The molecular weight excluding hydrogens is 829 g/mol. The third-order valence-electron chi connectivity index (χ3n) is 12.9. The molecule has 350 valence electrons. The highest BCUT2D eigenvalue weighted by molar-refractivity contribution is 6.03. The Kier molecular flexibility index (Phi) is 17.6. The van der Waals surface area contributed by atoms with Crippen LogP contribution in [0.1, 0.15) is 105 Å². The molecule has 7 atom stereocenters. The number of hydrogen-bond acceptors (Lipinski definition) is 12. The Balaban J connectivity index is 1.35. The Morgan fingerprint density at radius 3 is 2.54 bits per heavy atom. The van der Waals surface area contributed by atoms with E-state index in [1.165, 1.54) is 0 Å². The van der Waals surface area contributed by atoms with Crippen molar-refractivity contribution >= 4 is 18.1 Å². The number of ether oxygens (including phenoxy) is 6. The molecule has 3 aromatic rings. The summed E-state index contributed by atoms with van der Waals surface area (Å²) in [5.74, 6) is -0.440. The number of aliphatic hydroxyl groups excluding tert-OH is 2. The van der Waals surface area contributed by atoms with Crippen molar-refractivity contribution in [1.29, 1.82) is 0 Å². The Hall–Kier alpha value is -5.05. The van der Waals surface area contributed by atoms with Crippen LogP contribution in [-0.4, -0.2) is 97.5 Å². The van der Waals surface area contributed by atoms with Crippen molar-refractivity contribution in [3.63, 3.8) is 0 Å². The molecule has 2 N–H and O–H groups in total. The van der Waals surface area contributed by atoms with Gasteiger partial charge in [-0.15, -0.1) is 6.58 Å². The quantitative estimate of drug-likeness (QED) is 0.0383. The number of carbonyl (C=O) groups is 2. The van der Waals surface area contributed by atoms with E-state index >= 15 is 0 Å². The van der Waals surface area contributed by atoms with E-state index in [0.29, 0.717) is 74.0 Å². The summed E-state index contributed by atoms with van der Waals surface area (Å²) in [5.41, 5.74) is 4.05. The van der Waals surface area contributed by atoms with Crippen LogP contribution in [0.5, 0.6) is 17.2 Å². The van der Waals surface area contributed by atoms with E-state index in [9.17, 15) is 19.8 Å². The van der Waals surface area contributed by atoms with Crippen LogP contribution >= 0.6 is 0 Å². The van der Waals surface area contributed by atoms with Gasteiger partial charge in [0.05, 0.1) is 38.1 Å². The number of aldehydes is 1. The molecule has 4 aliphatic rings. The van der Waals surface area contributed by atoms with Gasteiger partial charge in [0.25, 0.3) is 0 Å². The number of benzene rings is 3. The van der Waals surface area contributed by atoms with Crippen molar-refractivity contribution < 1.29 is 53.1 Å². The van der Waals surface area contributed by atoms with Crippen LogP contribution in [0.3, 0.4) is 0 Å². The molecule has 2 heterocycles. The summed E-state index contributed by atoms with van der Waals surface area (Å²) < 4.78 is 38.8. The largest absolute Gasteiger partial charge is 0.459 e. The highest BCUT2D eigenvalue weighted by atomic mass is 16.8. The second kappa shape index (κ2) is 23.9.